The van der Waals surface area contributed by atoms with Crippen molar-refractivity contribution < 1.29 is 22.3 Å². The van der Waals surface area contributed by atoms with E-state index in [2.05, 4.69) is 35.7 Å². The first-order valence-electron chi connectivity index (χ1n) is 11.8. The monoisotopic (exact) mass is 508 g/mol. The number of nitrogens with one attached hydrogen (secondary N) is 1. The molecular formula is C28H34N3O4S+. The predicted octanol–water partition coefficient (Wildman–Crippen LogP) is 5.13. The van der Waals surface area contributed by atoms with E-state index in [0.717, 1.165) is 29.5 Å². The van der Waals surface area contributed by atoms with E-state index in [0.29, 0.717) is 5.56 Å². The number of benzene rings is 2. The zero-order chi connectivity index (χ0) is 26.4. The molecule has 0 bridgehead atoms. The molecule has 0 spiro atoms. The predicted molar refractivity (Wildman–Crippen MR) is 143 cm³/mol. The van der Waals surface area contributed by atoms with E-state index in [1.807, 2.05) is 49.0 Å². The largest absolute Gasteiger partial charge is 0.294 e. The van der Waals surface area contributed by atoms with Crippen LogP contribution in [0.1, 0.15) is 54.1 Å². The number of allylic oxidation sites excluding steroid dienone is 1. The third-order valence-corrected chi connectivity index (χ3v) is 6.01. The SMILES string of the molecule is CCCCCC(/C=N/NC(=O)c1ccc[n+](C)c1)=C\c1ccccc1.Cc1ccc(S(=O)(=O)O)cc1. The van der Waals surface area contributed by atoms with E-state index in [1.165, 1.54) is 25.0 Å². The summed E-state index contributed by atoms with van der Waals surface area (Å²) >= 11 is 0. The Labute approximate surface area is 214 Å². The lowest BCUT2D eigenvalue weighted by Crippen LogP contribution is -2.29. The van der Waals surface area contributed by atoms with Gasteiger partial charge in [-0.2, -0.15) is 13.5 Å². The minimum atomic E-state index is -4.02. The van der Waals surface area contributed by atoms with Crippen molar-refractivity contribution in [2.45, 2.75) is 44.4 Å². The smallest absolute Gasteiger partial charge is 0.282 e. The molecule has 7 nitrogen and oxygen atoms in total. The number of carbonyl (C=O) groups excluding carboxylic acids is 1. The van der Waals surface area contributed by atoms with Crippen molar-refractivity contribution in [3.8, 4) is 0 Å². The van der Waals surface area contributed by atoms with Gasteiger partial charge in [-0.25, -0.2) is 9.99 Å². The molecule has 0 aliphatic rings. The molecule has 1 amide bonds. The summed E-state index contributed by atoms with van der Waals surface area (Å²) in [5, 5.41) is 4.15. The third kappa shape index (κ3) is 10.8. The van der Waals surface area contributed by atoms with Crippen molar-refractivity contribution in [3.63, 3.8) is 0 Å². The number of hydrogen-bond acceptors (Lipinski definition) is 4. The summed E-state index contributed by atoms with van der Waals surface area (Å²) in [4.78, 5) is 12.1. The highest BCUT2D eigenvalue weighted by Crippen LogP contribution is 2.12. The van der Waals surface area contributed by atoms with Gasteiger partial charge in [0.05, 0.1) is 11.1 Å². The van der Waals surface area contributed by atoms with Crippen molar-refractivity contribution in [2.24, 2.45) is 12.1 Å². The van der Waals surface area contributed by atoms with E-state index in [-0.39, 0.29) is 10.8 Å². The van der Waals surface area contributed by atoms with Crippen LogP contribution in [-0.4, -0.2) is 25.1 Å². The number of carbonyl (C=O) groups is 1. The summed E-state index contributed by atoms with van der Waals surface area (Å²) in [7, 11) is -2.14. The topological polar surface area (TPSA) is 99.7 Å². The molecule has 3 rings (SSSR count). The number of aryl methyl sites for hydroxylation is 2. The van der Waals surface area contributed by atoms with Gasteiger partial charge >= 0.3 is 0 Å². The molecule has 36 heavy (non-hydrogen) atoms. The molecule has 0 radical (unpaired) electrons. The molecule has 0 fully saturated rings. The molecule has 0 saturated carbocycles. The van der Waals surface area contributed by atoms with Crippen molar-refractivity contribution >= 4 is 28.3 Å². The molecule has 0 aliphatic carbocycles. The number of unbranched alkanes of at least 4 members (excludes halogenated alkanes) is 2. The van der Waals surface area contributed by atoms with E-state index in [9.17, 15) is 13.2 Å². The molecule has 0 unspecified atom stereocenters. The fraction of sp³-hybridized carbons (Fsp3) is 0.250. The summed E-state index contributed by atoms with van der Waals surface area (Å²) in [5.41, 5.74) is 6.40. The Morgan fingerprint density at radius 1 is 1.03 bits per heavy atom. The second kappa shape index (κ2) is 14.7. The van der Waals surface area contributed by atoms with Crippen LogP contribution in [0, 0.1) is 6.92 Å². The molecule has 2 aromatic carbocycles. The first kappa shape index (κ1) is 28.6. The molecule has 3 aromatic rings. The highest BCUT2D eigenvalue weighted by atomic mass is 32.2. The third-order valence-electron chi connectivity index (χ3n) is 5.14. The van der Waals surface area contributed by atoms with E-state index >= 15 is 0 Å². The quantitative estimate of drug-likeness (QED) is 0.138. The number of hydrazone groups is 1. The molecule has 1 heterocycles. The highest BCUT2D eigenvalue weighted by Gasteiger charge is 2.08. The number of rotatable bonds is 9. The average molecular weight is 509 g/mol. The summed E-state index contributed by atoms with van der Waals surface area (Å²) in [5.74, 6) is -0.208. The Bertz CT molecular complexity index is 1270. The van der Waals surface area contributed by atoms with Crippen molar-refractivity contribution in [3.05, 3.63) is 101 Å². The number of amides is 1. The van der Waals surface area contributed by atoms with Crippen LogP contribution in [0.25, 0.3) is 6.08 Å². The molecule has 0 saturated heterocycles. The van der Waals surface area contributed by atoms with Gasteiger partial charge in [0.1, 0.15) is 12.6 Å². The normalized spacial score (nSPS) is 11.6. The number of aromatic nitrogens is 1. The lowest BCUT2D eigenvalue weighted by Gasteiger charge is -2.03. The summed E-state index contributed by atoms with van der Waals surface area (Å²) in [6.45, 7) is 4.03. The van der Waals surface area contributed by atoms with Crippen LogP contribution in [0.3, 0.4) is 0 Å². The van der Waals surface area contributed by atoms with Crippen LogP contribution in [0.15, 0.2) is 94.7 Å². The van der Waals surface area contributed by atoms with E-state index in [4.69, 9.17) is 4.55 Å². The fourth-order valence-electron chi connectivity index (χ4n) is 3.19. The van der Waals surface area contributed by atoms with Crippen molar-refractivity contribution in [1.29, 1.82) is 0 Å². The molecular weight excluding hydrogens is 474 g/mol. The first-order chi connectivity index (χ1) is 17.2. The zero-order valence-electron chi connectivity index (χ0n) is 21.0. The van der Waals surface area contributed by atoms with Crippen LogP contribution in [0.4, 0.5) is 0 Å². The second-order valence-corrected chi connectivity index (χ2v) is 9.75. The van der Waals surface area contributed by atoms with Crippen LogP contribution in [0.2, 0.25) is 0 Å². The average Bonchev–Trinajstić information content (AvgIpc) is 2.85. The Kier molecular flexibility index (Phi) is 11.7. The minimum absolute atomic E-state index is 0.0666. The van der Waals surface area contributed by atoms with Crippen molar-refractivity contribution in [2.75, 3.05) is 0 Å². The van der Waals surface area contributed by atoms with Gasteiger partial charge in [-0.3, -0.25) is 9.35 Å². The molecule has 0 aliphatic heterocycles. The second-order valence-electron chi connectivity index (χ2n) is 8.33. The molecule has 1 aromatic heterocycles. The van der Waals surface area contributed by atoms with Crippen LogP contribution in [-0.2, 0) is 17.2 Å². The van der Waals surface area contributed by atoms with Gasteiger partial charge in [0.15, 0.2) is 12.4 Å². The van der Waals surface area contributed by atoms with Gasteiger partial charge in [-0.05, 0) is 49.1 Å². The Morgan fingerprint density at radius 2 is 1.72 bits per heavy atom. The lowest BCUT2D eigenvalue weighted by atomic mass is 10.1. The number of hydrogen-bond donors (Lipinski definition) is 2. The molecule has 2 N–H and O–H groups in total. The Morgan fingerprint density at radius 3 is 2.33 bits per heavy atom. The van der Waals surface area contributed by atoms with E-state index < -0.39 is 10.1 Å². The highest BCUT2D eigenvalue weighted by molar-refractivity contribution is 7.85. The van der Waals surface area contributed by atoms with Gasteiger partial charge in [-0.15, -0.1) is 0 Å². The Balaban J connectivity index is 0.000000346. The standard InChI is InChI=1S/C21H25N3O.C7H8O3S/c1-3-4-6-12-19(15-18-10-7-5-8-11-18)16-22-23-21(25)20-13-9-14-24(2)17-20;1-6-2-4-7(5-3-6)11(8,9)10/h5,7-11,13-17H,3-4,6,12H2,1-2H3;2-5H,1H3,(H,8,9,10)/p+1/b19-15+,22-16+;. The summed E-state index contributed by atoms with van der Waals surface area (Å²) < 4.78 is 31.4. The maximum absolute atomic E-state index is 12.1. The maximum Gasteiger partial charge on any atom is 0.294 e. The lowest BCUT2D eigenvalue weighted by molar-refractivity contribution is -0.671. The Hall–Kier alpha value is -3.62. The maximum atomic E-state index is 12.1. The molecule has 8 heteroatoms. The zero-order valence-corrected chi connectivity index (χ0v) is 21.8. The minimum Gasteiger partial charge on any atom is -0.282 e. The number of nitrogens with zero attached hydrogens (tertiary/aromatic N) is 2. The van der Waals surface area contributed by atoms with Gasteiger partial charge in [0.2, 0.25) is 0 Å². The van der Waals surface area contributed by atoms with Gasteiger partial charge < -0.3 is 0 Å². The van der Waals surface area contributed by atoms with Crippen LogP contribution < -0.4 is 9.99 Å². The van der Waals surface area contributed by atoms with Gasteiger partial charge in [0.25, 0.3) is 16.0 Å². The summed E-state index contributed by atoms with van der Waals surface area (Å²) in [6, 6.07) is 19.8. The molecule has 190 valence electrons. The van der Waals surface area contributed by atoms with Gasteiger partial charge in [-0.1, -0.05) is 73.9 Å². The fourth-order valence-corrected chi connectivity index (χ4v) is 3.67. The van der Waals surface area contributed by atoms with E-state index in [1.54, 1.807) is 30.6 Å². The van der Waals surface area contributed by atoms with Crippen LogP contribution in [0.5, 0.6) is 0 Å². The number of pyridine rings is 1. The summed E-state index contributed by atoms with van der Waals surface area (Å²) in [6.07, 6.45) is 12.0. The van der Waals surface area contributed by atoms with Crippen molar-refractivity contribution in [1.82, 2.24) is 5.43 Å². The first-order valence-corrected chi connectivity index (χ1v) is 13.2. The molecule has 0 atom stereocenters. The van der Waals surface area contributed by atoms with Crippen LogP contribution >= 0.6 is 0 Å². The van der Waals surface area contributed by atoms with Gasteiger partial charge in [0, 0.05) is 6.07 Å².